The second kappa shape index (κ2) is 7.60. The van der Waals surface area contributed by atoms with Crippen molar-refractivity contribution in [2.45, 2.75) is 52.7 Å². The van der Waals surface area contributed by atoms with Gasteiger partial charge in [-0.3, -0.25) is 9.59 Å². The van der Waals surface area contributed by atoms with Crippen molar-refractivity contribution in [3.8, 4) is 0 Å². The Kier molecular flexibility index (Phi) is 6.45. The average Bonchev–Trinajstić information content (AvgIpc) is 2.43. The number of carbonyl (C=O) groups is 2. The molecule has 0 amide bonds. The predicted octanol–water partition coefficient (Wildman–Crippen LogP) is 2.08. The van der Waals surface area contributed by atoms with E-state index in [0.29, 0.717) is 13.0 Å². The van der Waals surface area contributed by atoms with E-state index >= 15 is 0 Å². The molecule has 5 heteroatoms. The SMILES string of the molecule is CCC(C)(C)C(=O)OCC(=O)COC1CCCCO1. The smallest absolute Gasteiger partial charge is 0.311 e. The summed E-state index contributed by atoms with van der Waals surface area (Å²) in [6, 6.07) is 0. The molecular formula is C14H24O5. The molecule has 1 heterocycles. The summed E-state index contributed by atoms with van der Waals surface area (Å²) in [5.41, 5.74) is -0.548. The number of carbonyl (C=O) groups excluding carboxylic acids is 2. The highest BCUT2D eigenvalue weighted by atomic mass is 16.7. The summed E-state index contributed by atoms with van der Waals surface area (Å²) < 4.78 is 15.7. The average molecular weight is 272 g/mol. The van der Waals surface area contributed by atoms with Gasteiger partial charge in [0, 0.05) is 6.61 Å². The zero-order valence-corrected chi connectivity index (χ0v) is 12.1. The number of esters is 1. The van der Waals surface area contributed by atoms with E-state index in [1.807, 2.05) is 6.92 Å². The fourth-order valence-electron chi connectivity index (χ4n) is 1.56. The zero-order chi connectivity index (χ0) is 14.3. The highest BCUT2D eigenvalue weighted by Crippen LogP contribution is 2.21. The molecule has 19 heavy (non-hydrogen) atoms. The van der Waals surface area contributed by atoms with Gasteiger partial charge < -0.3 is 14.2 Å². The Labute approximate surface area is 114 Å². The summed E-state index contributed by atoms with van der Waals surface area (Å²) in [7, 11) is 0. The number of hydrogen-bond donors (Lipinski definition) is 0. The molecule has 1 unspecified atom stereocenters. The van der Waals surface area contributed by atoms with Crippen LogP contribution in [0.5, 0.6) is 0 Å². The van der Waals surface area contributed by atoms with Crippen LogP contribution in [0.2, 0.25) is 0 Å². The third-order valence-corrected chi connectivity index (χ3v) is 3.37. The van der Waals surface area contributed by atoms with Crippen molar-refractivity contribution in [1.29, 1.82) is 0 Å². The van der Waals surface area contributed by atoms with Crippen LogP contribution in [0.1, 0.15) is 46.5 Å². The lowest BCUT2D eigenvalue weighted by Gasteiger charge is -2.22. The van der Waals surface area contributed by atoms with Crippen molar-refractivity contribution < 1.29 is 23.8 Å². The van der Waals surface area contributed by atoms with Gasteiger partial charge >= 0.3 is 5.97 Å². The Morgan fingerprint density at radius 1 is 1.26 bits per heavy atom. The summed E-state index contributed by atoms with van der Waals surface area (Å²) in [5, 5.41) is 0. The van der Waals surface area contributed by atoms with Crippen molar-refractivity contribution in [3.63, 3.8) is 0 Å². The molecule has 0 aromatic carbocycles. The molecule has 0 N–H and O–H groups in total. The first kappa shape index (κ1) is 16.1. The monoisotopic (exact) mass is 272 g/mol. The van der Waals surface area contributed by atoms with Gasteiger partial charge in [0.2, 0.25) is 0 Å². The molecule has 0 radical (unpaired) electrons. The van der Waals surface area contributed by atoms with Gasteiger partial charge in [-0.25, -0.2) is 0 Å². The van der Waals surface area contributed by atoms with Crippen molar-refractivity contribution in [2.24, 2.45) is 5.41 Å². The van der Waals surface area contributed by atoms with Crippen LogP contribution in [0.3, 0.4) is 0 Å². The van der Waals surface area contributed by atoms with E-state index in [1.54, 1.807) is 13.8 Å². The molecule has 110 valence electrons. The third kappa shape index (κ3) is 5.70. The van der Waals surface area contributed by atoms with Crippen LogP contribution in [-0.4, -0.2) is 37.9 Å². The Balaban J connectivity index is 2.19. The lowest BCUT2D eigenvalue weighted by molar-refractivity contribution is -0.173. The molecular weight excluding hydrogens is 248 g/mol. The van der Waals surface area contributed by atoms with E-state index in [4.69, 9.17) is 14.2 Å². The van der Waals surface area contributed by atoms with Crippen molar-refractivity contribution in [2.75, 3.05) is 19.8 Å². The largest absolute Gasteiger partial charge is 0.457 e. The van der Waals surface area contributed by atoms with Gasteiger partial charge in [0.25, 0.3) is 0 Å². The summed E-state index contributed by atoms with van der Waals surface area (Å²) in [6.07, 6.45) is 3.29. The van der Waals surface area contributed by atoms with Crippen LogP contribution in [0.15, 0.2) is 0 Å². The summed E-state index contributed by atoms with van der Waals surface area (Å²) in [5.74, 6) is -0.591. The van der Waals surface area contributed by atoms with Crippen molar-refractivity contribution in [3.05, 3.63) is 0 Å². The van der Waals surface area contributed by atoms with Gasteiger partial charge in [0.15, 0.2) is 18.7 Å². The van der Waals surface area contributed by atoms with Crippen LogP contribution in [0.25, 0.3) is 0 Å². The number of Topliss-reactive ketones (excluding diaryl/α,β-unsaturated/α-hetero) is 1. The van der Waals surface area contributed by atoms with E-state index in [9.17, 15) is 9.59 Å². The second-order valence-electron chi connectivity index (χ2n) is 5.46. The number of hydrogen-bond acceptors (Lipinski definition) is 5. The molecule has 1 rings (SSSR count). The standard InChI is InChI=1S/C14H24O5/c1-4-14(2,3)13(16)19-10-11(15)9-18-12-7-5-6-8-17-12/h12H,4-10H2,1-3H3. The minimum absolute atomic E-state index is 0.0650. The molecule has 0 bridgehead atoms. The van der Waals surface area contributed by atoms with Crippen LogP contribution in [-0.2, 0) is 23.8 Å². The predicted molar refractivity (Wildman–Crippen MR) is 69.6 cm³/mol. The first-order chi connectivity index (χ1) is 8.95. The molecule has 0 aromatic heterocycles. The molecule has 1 atom stereocenters. The highest BCUT2D eigenvalue weighted by Gasteiger charge is 2.27. The Morgan fingerprint density at radius 2 is 2.00 bits per heavy atom. The Bertz CT molecular complexity index is 305. The lowest BCUT2D eigenvalue weighted by Crippen LogP contribution is -2.30. The molecule has 0 aromatic rings. The van der Waals surface area contributed by atoms with Crippen LogP contribution >= 0.6 is 0 Å². The Morgan fingerprint density at radius 3 is 2.58 bits per heavy atom. The lowest BCUT2D eigenvalue weighted by atomic mass is 9.91. The second-order valence-corrected chi connectivity index (χ2v) is 5.46. The maximum atomic E-state index is 11.7. The molecule has 5 nitrogen and oxygen atoms in total. The van der Waals surface area contributed by atoms with Gasteiger partial charge in [-0.1, -0.05) is 6.92 Å². The molecule has 1 aliphatic rings. The van der Waals surface area contributed by atoms with E-state index in [0.717, 1.165) is 19.3 Å². The van der Waals surface area contributed by atoms with Crippen LogP contribution in [0, 0.1) is 5.41 Å². The fraction of sp³-hybridized carbons (Fsp3) is 0.857. The van der Waals surface area contributed by atoms with Gasteiger partial charge in [-0.05, 0) is 39.5 Å². The van der Waals surface area contributed by atoms with Crippen LogP contribution < -0.4 is 0 Å². The maximum absolute atomic E-state index is 11.7. The number of ether oxygens (including phenoxy) is 3. The van der Waals surface area contributed by atoms with Crippen molar-refractivity contribution in [1.82, 2.24) is 0 Å². The third-order valence-electron chi connectivity index (χ3n) is 3.37. The van der Waals surface area contributed by atoms with E-state index in [2.05, 4.69) is 0 Å². The normalized spacial score (nSPS) is 20.1. The van der Waals surface area contributed by atoms with Gasteiger partial charge in [-0.2, -0.15) is 0 Å². The van der Waals surface area contributed by atoms with Gasteiger partial charge in [-0.15, -0.1) is 0 Å². The van der Waals surface area contributed by atoms with E-state index in [1.165, 1.54) is 0 Å². The molecule has 0 saturated carbocycles. The number of rotatable bonds is 7. The summed E-state index contributed by atoms with van der Waals surface area (Å²) in [6.45, 7) is 5.89. The minimum atomic E-state index is -0.548. The first-order valence-corrected chi connectivity index (χ1v) is 6.88. The van der Waals surface area contributed by atoms with E-state index < -0.39 is 5.41 Å². The topological polar surface area (TPSA) is 61.8 Å². The van der Waals surface area contributed by atoms with E-state index in [-0.39, 0.29) is 31.3 Å². The number of ketones is 1. The minimum Gasteiger partial charge on any atom is -0.457 e. The van der Waals surface area contributed by atoms with Crippen LogP contribution in [0.4, 0.5) is 0 Å². The summed E-state index contributed by atoms with van der Waals surface area (Å²) in [4.78, 5) is 23.2. The molecule has 0 spiro atoms. The Hall–Kier alpha value is -0.940. The van der Waals surface area contributed by atoms with Gasteiger partial charge in [0.05, 0.1) is 5.41 Å². The molecule has 1 fully saturated rings. The van der Waals surface area contributed by atoms with Gasteiger partial charge in [0.1, 0.15) is 6.61 Å². The highest BCUT2D eigenvalue weighted by molar-refractivity contribution is 5.84. The molecule has 0 aliphatic carbocycles. The van der Waals surface area contributed by atoms with Crippen molar-refractivity contribution >= 4 is 11.8 Å². The maximum Gasteiger partial charge on any atom is 0.311 e. The molecule has 1 saturated heterocycles. The zero-order valence-electron chi connectivity index (χ0n) is 12.1. The fourth-order valence-corrected chi connectivity index (χ4v) is 1.56. The summed E-state index contributed by atoms with van der Waals surface area (Å²) >= 11 is 0. The first-order valence-electron chi connectivity index (χ1n) is 6.88. The molecule has 1 aliphatic heterocycles. The quantitative estimate of drug-likeness (QED) is 0.664.